The number of hydrogen-bond acceptors (Lipinski definition) is 9. The van der Waals surface area contributed by atoms with Crippen LogP contribution in [0.1, 0.15) is 124 Å². The molecule has 4 fully saturated rings. The quantitative estimate of drug-likeness (QED) is 0.0950. The molecule has 64 heavy (non-hydrogen) atoms. The molecule has 0 spiro atoms. The van der Waals surface area contributed by atoms with Crippen LogP contribution in [0, 0.1) is 17.8 Å². The predicted octanol–water partition coefficient (Wildman–Crippen LogP) is 12.2. The summed E-state index contributed by atoms with van der Waals surface area (Å²) in [7, 11) is 0. The maximum absolute atomic E-state index is 11.5. The van der Waals surface area contributed by atoms with E-state index in [0.29, 0.717) is 40.4 Å². The number of halogens is 1. The van der Waals surface area contributed by atoms with Crippen LogP contribution in [0.5, 0.6) is 0 Å². The zero-order valence-corrected chi connectivity index (χ0v) is 37.9. The lowest BCUT2D eigenvalue weighted by Crippen LogP contribution is -2.52. The molecule has 4 aliphatic rings. The van der Waals surface area contributed by atoms with E-state index in [0.717, 1.165) is 89.8 Å². The summed E-state index contributed by atoms with van der Waals surface area (Å²) >= 11 is 5.71. The minimum absolute atomic E-state index is 0.161. The lowest BCUT2D eigenvalue weighted by Gasteiger charge is -2.48. The van der Waals surface area contributed by atoms with Crippen LogP contribution in [-0.4, -0.2) is 67.7 Å². The topological polar surface area (TPSA) is 137 Å². The van der Waals surface area contributed by atoms with E-state index in [2.05, 4.69) is 69.7 Å². The number of aliphatic carboxylic acids is 1. The Labute approximate surface area is 381 Å². The molecule has 0 amide bonds. The molecular formula is C53H61ClN6O4. The molecule has 11 heteroatoms. The van der Waals surface area contributed by atoms with Gasteiger partial charge in [-0.05, 0) is 147 Å². The van der Waals surface area contributed by atoms with Crippen molar-refractivity contribution in [1.29, 1.82) is 0 Å². The van der Waals surface area contributed by atoms with Crippen molar-refractivity contribution in [2.45, 2.75) is 128 Å². The van der Waals surface area contributed by atoms with Gasteiger partial charge in [0.2, 0.25) is 0 Å². The van der Waals surface area contributed by atoms with Gasteiger partial charge in [0.05, 0.1) is 5.92 Å². The molecule has 6 aromatic rings. The van der Waals surface area contributed by atoms with Gasteiger partial charge >= 0.3 is 5.97 Å². The number of rotatable bonds is 9. The van der Waals surface area contributed by atoms with Gasteiger partial charge in [0.1, 0.15) is 29.4 Å². The second-order valence-electron chi connectivity index (χ2n) is 18.9. The van der Waals surface area contributed by atoms with Crippen molar-refractivity contribution in [3.63, 3.8) is 0 Å². The van der Waals surface area contributed by atoms with Crippen LogP contribution < -0.4 is 10.6 Å². The zero-order valence-electron chi connectivity index (χ0n) is 37.1. The van der Waals surface area contributed by atoms with Gasteiger partial charge in [-0.3, -0.25) is 19.3 Å². The van der Waals surface area contributed by atoms with E-state index in [1.54, 1.807) is 24.4 Å². The van der Waals surface area contributed by atoms with E-state index < -0.39 is 5.97 Å². The van der Waals surface area contributed by atoms with Crippen LogP contribution in [0.2, 0.25) is 5.15 Å². The maximum atomic E-state index is 11.5. The summed E-state index contributed by atoms with van der Waals surface area (Å²) < 4.78 is 0. The standard InChI is InChI=1S/C26H35N3O2.C17H20N2O.C10H6ClNO/c1-17-5-9-22(10-6-17)28-25-14-19-8-7-18(11-21(19)15-27-25)16-29-23-3-2-4-24(29)13-20(12-23)26(30)31;1-12-2-6-16(7-3-12)19-17-9-14-5-4-13(11-20)8-15(14)10-18-17;11-10-4-8-2-1-7(6-13)3-9(8)5-12-10/h7-8,11,14-15,17,20,22-24H,2-6,9-10,12-13,16H2,1H3,(H,27,28)(H,30,31);4-5,8-12,16H,2-3,6-7H2,1H3,(H,18,19);1-6H. The van der Waals surface area contributed by atoms with Crippen LogP contribution in [0.15, 0.2) is 91.4 Å². The Bertz CT molecular complexity index is 2560. The average Bonchev–Trinajstić information content (AvgIpc) is 3.30. The zero-order chi connectivity index (χ0) is 44.6. The molecule has 10 rings (SSSR count). The van der Waals surface area contributed by atoms with Crippen molar-refractivity contribution >= 4 is 74.1 Å². The summed E-state index contributed by atoms with van der Waals surface area (Å²) in [6.07, 6.45) is 22.4. The molecule has 2 unspecified atom stereocenters. The maximum Gasteiger partial charge on any atom is 0.306 e. The van der Waals surface area contributed by atoms with Gasteiger partial charge < -0.3 is 15.7 Å². The van der Waals surface area contributed by atoms with Gasteiger partial charge in [0.15, 0.2) is 0 Å². The first kappa shape index (κ1) is 45.1. The van der Waals surface area contributed by atoms with Crippen LogP contribution in [-0.2, 0) is 11.3 Å². The number of fused-ring (bicyclic) bond motifs is 5. The Morgan fingerprint density at radius 2 is 1.09 bits per heavy atom. The number of nitrogens with zero attached hydrogens (tertiary/aromatic N) is 4. The highest BCUT2D eigenvalue weighted by Crippen LogP contribution is 2.38. The lowest BCUT2D eigenvalue weighted by atomic mass is 9.78. The van der Waals surface area contributed by atoms with Gasteiger partial charge in [0.25, 0.3) is 0 Å². The van der Waals surface area contributed by atoms with Crippen molar-refractivity contribution < 1.29 is 19.5 Å². The number of aldehydes is 2. The van der Waals surface area contributed by atoms with E-state index in [1.165, 1.54) is 74.1 Å². The number of benzene rings is 3. The summed E-state index contributed by atoms with van der Waals surface area (Å²) in [5.74, 6) is 2.88. The number of piperidine rings is 2. The molecule has 2 bridgehead atoms. The van der Waals surface area contributed by atoms with Gasteiger partial charge in [-0.2, -0.15) is 0 Å². The Morgan fingerprint density at radius 3 is 1.59 bits per heavy atom. The number of anilines is 2. The monoisotopic (exact) mass is 880 g/mol. The molecule has 3 aromatic heterocycles. The van der Waals surface area contributed by atoms with E-state index >= 15 is 0 Å². The molecule has 334 valence electrons. The van der Waals surface area contributed by atoms with Crippen molar-refractivity contribution in [3.05, 3.63) is 113 Å². The summed E-state index contributed by atoms with van der Waals surface area (Å²) in [5, 5.41) is 23.6. The fourth-order valence-electron chi connectivity index (χ4n) is 10.3. The average molecular weight is 882 g/mol. The highest BCUT2D eigenvalue weighted by Gasteiger charge is 2.40. The largest absolute Gasteiger partial charge is 0.481 e. The van der Waals surface area contributed by atoms with E-state index in [1.807, 2.05) is 36.7 Å². The van der Waals surface area contributed by atoms with Crippen LogP contribution in [0.25, 0.3) is 32.3 Å². The highest BCUT2D eigenvalue weighted by atomic mass is 35.5. The molecule has 2 saturated carbocycles. The predicted molar refractivity (Wildman–Crippen MR) is 258 cm³/mol. The number of carbonyl (C=O) groups excluding carboxylic acids is 2. The van der Waals surface area contributed by atoms with Crippen molar-refractivity contribution in [1.82, 2.24) is 19.9 Å². The normalized spacial score (nSPS) is 24.4. The number of hydrogen-bond donors (Lipinski definition) is 3. The third-order valence-electron chi connectivity index (χ3n) is 14.1. The van der Waals surface area contributed by atoms with Crippen LogP contribution >= 0.6 is 11.6 Å². The fourth-order valence-corrected chi connectivity index (χ4v) is 10.4. The molecular weight excluding hydrogens is 820 g/mol. The molecule has 2 saturated heterocycles. The Hall–Kier alpha value is -5.45. The molecule has 5 heterocycles. The number of pyridine rings is 3. The van der Waals surface area contributed by atoms with E-state index in [-0.39, 0.29) is 5.92 Å². The summed E-state index contributed by atoms with van der Waals surface area (Å²) in [5.41, 5.74) is 2.65. The SMILES string of the molecule is CC1CCC(Nc2cc3ccc(C=O)cc3cn2)CC1.CC1CCC(Nc2cc3ccc(CN4C5CCCC4CC(C(=O)O)C5)cc3cn2)CC1.O=Cc1ccc2cc(Cl)ncc2c1. The number of carboxylic acid groups (broad SMARTS) is 1. The molecule has 3 N–H and O–H groups in total. The van der Waals surface area contributed by atoms with E-state index in [4.69, 9.17) is 16.6 Å². The number of nitrogens with one attached hydrogen (secondary N) is 2. The molecule has 2 atom stereocenters. The minimum Gasteiger partial charge on any atom is -0.481 e. The number of carbonyl (C=O) groups is 3. The minimum atomic E-state index is -0.611. The van der Waals surface area contributed by atoms with Crippen molar-refractivity contribution in [2.75, 3.05) is 10.6 Å². The van der Waals surface area contributed by atoms with Gasteiger partial charge in [-0.15, -0.1) is 0 Å². The summed E-state index contributed by atoms with van der Waals surface area (Å²) in [6.45, 7) is 5.59. The summed E-state index contributed by atoms with van der Waals surface area (Å²) in [4.78, 5) is 48.5. The molecule has 10 nitrogen and oxygen atoms in total. The number of carboxylic acids is 1. The molecule has 3 aromatic carbocycles. The van der Waals surface area contributed by atoms with Crippen molar-refractivity contribution in [3.8, 4) is 0 Å². The lowest BCUT2D eigenvalue weighted by molar-refractivity contribution is -0.146. The first-order valence-corrected chi connectivity index (χ1v) is 23.7. The van der Waals surface area contributed by atoms with Gasteiger partial charge in [-0.25, -0.2) is 15.0 Å². The van der Waals surface area contributed by atoms with Crippen molar-refractivity contribution in [2.24, 2.45) is 17.8 Å². The Balaban J connectivity index is 0.000000145. The Morgan fingerprint density at radius 1 is 0.625 bits per heavy atom. The molecule has 2 aliphatic heterocycles. The Kier molecular flexibility index (Phi) is 14.8. The first-order valence-electron chi connectivity index (χ1n) is 23.3. The second kappa shape index (κ2) is 21.0. The summed E-state index contributed by atoms with van der Waals surface area (Å²) in [6, 6.07) is 25.8. The molecule has 0 radical (unpaired) electrons. The second-order valence-corrected chi connectivity index (χ2v) is 19.3. The fraction of sp³-hybridized carbons (Fsp3) is 0.434. The van der Waals surface area contributed by atoms with Crippen LogP contribution in [0.4, 0.5) is 11.6 Å². The highest BCUT2D eigenvalue weighted by molar-refractivity contribution is 6.30. The van der Waals surface area contributed by atoms with Crippen LogP contribution in [0.3, 0.4) is 0 Å². The van der Waals surface area contributed by atoms with Gasteiger partial charge in [0, 0.05) is 76.6 Å². The van der Waals surface area contributed by atoms with E-state index in [9.17, 15) is 19.5 Å². The smallest absolute Gasteiger partial charge is 0.306 e. The third-order valence-corrected chi connectivity index (χ3v) is 14.3. The number of aromatic nitrogens is 3. The molecule has 2 aliphatic carbocycles. The third kappa shape index (κ3) is 11.6. The first-order chi connectivity index (χ1) is 31.1. The van der Waals surface area contributed by atoms with Gasteiger partial charge in [-0.1, -0.05) is 68.3 Å².